The van der Waals surface area contributed by atoms with Gasteiger partial charge in [-0.15, -0.1) is 0 Å². The van der Waals surface area contributed by atoms with Gasteiger partial charge in [0.05, 0.1) is 6.10 Å². The average molecular weight is 191 g/mol. The number of nitrogens with zero attached hydrogens (tertiary/aromatic N) is 1. The summed E-state index contributed by atoms with van der Waals surface area (Å²) >= 11 is 0. The molecule has 0 saturated carbocycles. The number of β-amino-alcohol motifs (C(OH)–C–C–N with tert-alkyl or cyclic N) is 1. The molecule has 1 aliphatic rings. The van der Waals surface area contributed by atoms with Gasteiger partial charge in [-0.3, -0.25) is 0 Å². The van der Waals surface area contributed by atoms with Gasteiger partial charge in [0.2, 0.25) is 0 Å². The van der Waals surface area contributed by atoms with Crippen LogP contribution in [-0.4, -0.2) is 23.8 Å². The van der Waals surface area contributed by atoms with Crippen molar-refractivity contribution in [1.29, 1.82) is 0 Å². The highest BCUT2D eigenvalue weighted by atomic mass is 16.3. The van der Waals surface area contributed by atoms with Crippen molar-refractivity contribution in [1.82, 2.24) is 0 Å². The molecule has 1 aromatic carbocycles. The second-order valence-electron chi connectivity index (χ2n) is 4.18. The van der Waals surface area contributed by atoms with E-state index in [1.54, 1.807) is 0 Å². The van der Waals surface area contributed by atoms with Crippen molar-refractivity contribution in [3.05, 3.63) is 29.8 Å². The van der Waals surface area contributed by atoms with Crippen LogP contribution in [0.15, 0.2) is 24.3 Å². The van der Waals surface area contributed by atoms with E-state index in [0.717, 1.165) is 13.0 Å². The van der Waals surface area contributed by atoms with Gasteiger partial charge in [0, 0.05) is 18.3 Å². The van der Waals surface area contributed by atoms with Crippen molar-refractivity contribution in [3.8, 4) is 0 Å². The number of benzene rings is 1. The monoisotopic (exact) mass is 191 g/mol. The molecule has 76 valence electrons. The molecular weight excluding hydrogens is 174 g/mol. The molecule has 0 aliphatic carbocycles. The number of hydrogen-bond acceptors (Lipinski definition) is 2. The van der Waals surface area contributed by atoms with Gasteiger partial charge in [-0.05, 0) is 31.9 Å². The summed E-state index contributed by atoms with van der Waals surface area (Å²) in [5.41, 5.74) is 2.70. The predicted molar refractivity (Wildman–Crippen MR) is 58.6 cm³/mol. The third-order valence-electron chi connectivity index (χ3n) is 2.81. The van der Waals surface area contributed by atoms with E-state index >= 15 is 0 Å². The van der Waals surface area contributed by atoms with E-state index in [1.807, 2.05) is 6.92 Å². The lowest BCUT2D eigenvalue weighted by Crippen LogP contribution is -2.35. The third kappa shape index (κ3) is 1.62. The Hall–Kier alpha value is -1.02. The second kappa shape index (κ2) is 3.62. The minimum absolute atomic E-state index is 0.261. The third-order valence-corrected chi connectivity index (χ3v) is 2.81. The fourth-order valence-corrected chi connectivity index (χ4v) is 2.19. The van der Waals surface area contributed by atoms with Crippen LogP contribution in [0.5, 0.6) is 0 Å². The summed E-state index contributed by atoms with van der Waals surface area (Å²) in [5.74, 6) is 0. The standard InChI is InChI=1S/C12H17NO/c1-9-7-11-5-3-4-6-12(11)13(9)8-10(2)14/h3-6,9-10,14H,7-8H2,1-2H3/t9?,10-/m1/s1. The molecule has 2 atom stereocenters. The Labute approximate surface area is 85.2 Å². The maximum absolute atomic E-state index is 9.41. The van der Waals surface area contributed by atoms with Gasteiger partial charge < -0.3 is 10.0 Å². The van der Waals surface area contributed by atoms with Gasteiger partial charge in [0.25, 0.3) is 0 Å². The summed E-state index contributed by atoms with van der Waals surface area (Å²) in [7, 11) is 0. The van der Waals surface area contributed by atoms with E-state index in [0.29, 0.717) is 6.04 Å². The van der Waals surface area contributed by atoms with Crippen LogP contribution in [0.1, 0.15) is 19.4 Å². The second-order valence-corrected chi connectivity index (χ2v) is 4.18. The van der Waals surface area contributed by atoms with E-state index in [1.165, 1.54) is 11.3 Å². The quantitative estimate of drug-likeness (QED) is 0.770. The summed E-state index contributed by atoms with van der Waals surface area (Å²) < 4.78 is 0. The molecule has 1 unspecified atom stereocenters. The molecule has 1 aliphatic heterocycles. The maximum atomic E-state index is 9.41. The van der Waals surface area contributed by atoms with Crippen LogP contribution in [0.2, 0.25) is 0 Å². The highest BCUT2D eigenvalue weighted by Gasteiger charge is 2.25. The molecule has 0 aromatic heterocycles. The van der Waals surface area contributed by atoms with E-state index in [-0.39, 0.29) is 6.10 Å². The summed E-state index contributed by atoms with van der Waals surface area (Å²) in [6.07, 6.45) is 0.840. The van der Waals surface area contributed by atoms with Crippen molar-refractivity contribution in [2.45, 2.75) is 32.4 Å². The van der Waals surface area contributed by atoms with E-state index in [4.69, 9.17) is 0 Å². The molecule has 1 N–H and O–H groups in total. The van der Waals surface area contributed by atoms with Gasteiger partial charge in [-0.2, -0.15) is 0 Å². The van der Waals surface area contributed by atoms with Gasteiger partial charge in [-0.1, -0.05) is 18.2 Å². The van der Waals surface area contributed by atoms with Crippen LogP contribution in [0.25, 0.3) is 0 Å². The number of anilines is 1. The Bertz CT molecular complexity index is 322. The summed E-state index contributed by atoms with van der Waals surface area (Å²) in [6, 6.07) is 8.97. The Balaban J connectivity index is 2.25. The fraction of sp³-hybridized carbons (Fsp3) is 0.500. The van der Waals surface area contributed by atoms with E-state index in [9.17, 15) is 5.11 Å². The molecule has 14 heavy (non-hydrogen) atoms. The lowest BCUT2D eigenvalue weighted by atomic mass is 10.1. The largest absolute Gasteiger partial charge is 0.392 e. The van der Waals surface area contributed by atoms with Crippen LogP contribution < -0.4 is 4.90 Å². The summed E-state index contributed by atoms with van der Waals surface area (Å²) in [5, 5.41) is 9.41. The van der Waals surface area contributed by atoms with Crippen molar-refractivity contribution in [3.63, 3.8) is 0 Å². The van der Waals surface area contributed by atoms with Crippen molar-refractivity contribution < 1.29 is 5.11 Å². The Morgan fingerprint density at radius 3 is 2.93 bits per heavy atom. The first-order chi connectivity index (χ1) is 6.68. The minimum atomic E-state index is -0.261. The molecule has 0 amide bonds. The first-order valence-electron chi connectivity index (χ1n) is 5.21. The zero-order valence-electron chi connectivity index (χ0n) is 8.77. The molecule has 0 radical (unpaired) electrons. The normalized spacial score (nSPS) is 22.2. The van der Waals surface area contributed by atoms with Crippen molar-refractivity contribution in [2.75, 3.05) is 11.4 Å². The predicted octanol–water partition coefficient (Wildman–Crippen LogP) is 1.82. The maximum Gasteiger partial charge on any atom is 0.0687 e. The number of aliphatic hydroxyl groups is 1. The molecule has 1 aromatic rings. The Morgan fingerprint density at radius 1 is 1.50 bits per heavy atom. The molecule has 0 bridgehead atoms. The smallest absolute Gasteiger partial charge is 0.0687 e. The van der Waals surface area contributed by atoms with Gasteiger partial charge >= 0.3 is 0 Å². The number of para-hydroxylation sites is 1. The average Bonchev–Trinajstić information content (AvgIpc) is 2.43. The molecule has 0 saturated heterocycles. The van der Waals surface area contributed by atoms with Crippen LogP contribution in [0.3, 0.4) is 0 Å². The molecular formula is C12H17NO. The van der Waals surface area contributed by atoms with E-state index < -0.39 is 0 Å². The summed E-state index contributed by atoms with van der Waals surface area (Å²) in [6.45, 7) is 4.79. The Kier molecular flexibility index (Phi) is 2.46. The van der Waals surface area contributed by atoms with Gasteiger partial charge in [-0.25, -0.2) is 0 Å². The van der Waals surface area contributed by atoms with Crippen LogP contribution in [0.4, 0.5) is 5.69 Å². The van der Waals surface area contributed by atoms with Crippen LogP contribution >= 0.6 is 0 Å². The molecule has 0 fully saturated rings. The minimum Gasteiger partial charge on any atom is -0.392 e. The molecule has 2 heteroatoms. The highest BCUT2D eigenvalue weighted by Crippen LogP contribution is 2.31. The number of rotatable bonds is 2. The fourth-order valence-electron chi connectivity index (χ4n) is 2.19. The SMILES string of the molecule is CC1Cc2ccccc2N1C[C@@H](C)O. The zero-order valence-corrected chi connectivity index (χ0v) is 8.77. The van der Waals surface area contributed by atoms with Crippen LogP contribution in [-0.2, 0) is 6.42 Å². The first kappa shape index (κ1) is 9.53. The van der Waals surface area contributed by atoms with Crippen LogP contribution in [0, 0.1) is 0 Å². The lowest BCUT2D eigenvalue weighted by Gasteiger charge is -2.26. The Morgan fingerprint density at radius 2 is 2.21 bits per heavy atom. The lowest BCUT2D eigenvalue weighted by molar-refractivity contribution is 0.198. The first-order valence-corrected chi connectivity index (χ1v) is 5.21. The molecule has 0 spiro atoms. The number of fused-ring (bicyclic) bond motifs is 1. The molecule has 2 rings (SSSR count). The number of aliphatic hydroxyl groups excluding tert-OH is 1. The highest BCUT2D eigenvalue weighted by molar-refractivity contribution is 5.59. The summed E-state index contributed by atoms with van der Waals surface area (Å²) in [4.78, 5) is 2.29. The van der Waals surface area contributed by atoms with Gasteiger partial charge in [0.1, 0.15) is 0 Å². The van der Waals surface area contributed by atoms with Crippen molar-refractivity contribution in [2.24, 2.45) is 0 Å². The topological polar surface area (TPSA) is 23.5 Å². The number of hydrogen-bond donors (Lipinski definition) is 1. The van der Waals surface area contributed by atoms with E-state index in [2.05, 4.69) is 36.1 Å². The van der Waals surface area contributed by atoms with Gasteiger partial charge in [0.15, 0.2) is 0 Å². The zero-order chi connectivity index (χ0) is 10.1. The van der Waals surface area contributed by atoms with Crippen molar-refractivity contribution >= 4 is 5.69 Å². The molecule has 1 heterocycles. The molecule has 2 nitrogen and oxygen atoms in total.